The molecule has 0 fully saturated rings. The van der Waals surface area contributed by atoms with Crippen LogP contribution >= 0.6 is 34.0 Å². The van der Waals surface area contributed by atoms with Crippen molar-refractivity contribution in [3.05, 3.63) is 406 Å². The minimum Gasteiger partial charge on any atom is -0.276 e. The van der Waals surface area contributed by atoms with Gasteiger partial charge in [0.2, 0.25) is 17.8 Å². The highest BCUT2D eigenvalue weighted by Gasteiger charge is 2.29. The zero-order valence-corrected chi connectivity index (χ0v) is 69.5. The van der Waals surface area contributed by atoms with Crippen LogP contribution in [0.25, 0.3) is 254 Å². The highest BCUT2D eigenvalue weighted by atomic mass is 32.1. The van der Waals surface area contributed by atoms with Gasteiger partial charge >= 0.3 is 0 Å². The molecular weight excluding hydrogens is 1590 g/mol. The third-order valence-electron chi connectivity index (χ3n) is 24.9. The van der Waals surface area contributed by atoms with Crippen molar-refractivity contribution in [1.82, 2.24) is 43.6 Å². The van der Waals surface area contributed by atoms with Gasteiger partial charge in [0.25, 0.3) is 0 Å². The predicted molar refractivity (Wildman–Crippen MR) is 535 cm³/mol. The summed E-state index contributed by atoms with van der Waals surface area (Å²) in [5.74, 6) is 1.75. The lowest BCUT2D eigenvalue weighted by molar-refractivity contribution is 1.02. The standard InChI is InChI=1S/C42H25N3S.2C36H21N3S/c1-2-12-26(13-3-1)27-22-24-28(25-23-27)39-31-16-6-9-19-34(31)43-42(44-39)45-35-20-10-7-17-32(35)37-29-14-4-5-15-30(29)38-33-18-8-11-21-36(33)46-41(38)40(37)45;2*1-2-12-22(13-3-1)33-25-16-6-9-19-28(25)37-36(38-33)39-29-20-10-7-17-26(29)31-23-14-4-5-15-24(23)32-27-18-8-11-21-30(27)40-35(32)34(31)39/h1-25H;2*1-21H/i;1D,2D,3D,12D,13D;. The van der Waals surface area contributed by atoms with Crippen molar-refractivity contribution < 1.29 is 6.85 Å². The van der Waals surface area contributed by atoms with Crippen LogP contribution in [0.5, 0.6) is 0 Å². The number of thiophene rings is 3. The molecule has 0 aliphatic carbocycles. The van der Waals surface area contributed by atoms with E-state index in [9.17, 15) is 0 Å². The van der Waals surface area contributed by atoms with Gasteiger partial charge in [0, 0.05) is 112 Å². The van der Waals surface area contributed by atoms with Gasteiger partial charge in [-0.05, 0) is 98.0 Å². The molecule has 28 rings (SSSR count). The normalized spacial score (nSPS) is 12.5. The summed E-state index contributed by atoms with van der Waals surface area (Å²) in [7, 11) is 0. The maximum atomic E-state index is 8.78. The van der Waals surface area contributed by atoms with Gasteiger partial charge in [-0.3, -0.25) is 13.7 Å². The predicted octanol–water partition coefficient (Wildman–Crippen LogP) is 31.4. The molecule has 0 aliphatic heterocycles. The Bertz CT molecular complexity index is 9700. The highest BCUT2D eigenvalue weighted by Crippen LogP contribution is 2.53. The molecule has 0 amide bonds. The second-order valence-corrected chi connectivity index (χ2v) is 34.9. The molecule has 0 bridgehead atoms. The molecular formula is C114H67N9S3. The van der Waals surface area contributed by atoms with Crippen LogP contribution in [0, 0.1) is 0 Å². The summed E-state index contributed by atoms with van der Waals surface area (Å²) in [5, 5.41) is 24.7. The van der Waals surface area contributed by atoms with E-state index in [1.54, 1.807) is 11.3 Å². The summed E-state index contributed by atoms with van der Waals surface area (Å²) >= 11 is 5.45. The van der Waals surface area contributed by atoms with Crippen LogP contribution < -0.4 is 0 Å². The van der Waals surface area contributed by atoms with Crippen molar-refractivity contribution in [2.45, 2.75) is 0 Å². The van der Waals surface area contributed by atoms with Gasteiger partial charge in [-0.1, -0.05) is 352 Å². The molecule has 9 heterocycles. The van der Waals surface area contributed by atoms with Gasteiger partial charge in [0.15, 0.2) is 0 Å². The van der Waals surface area contributed by atoms with E-state index in [1.165, 1.54) is 121 Å². The Morgan fingerprint density at radius 2 is 0.437 bits per heavy atom. The number of hydrogen-bond acceptors (Lipinski definition) is 9. The zero-order valence-electron chi connectivity index (χ0n) is 72.0. The van der Waals surface area contributed by atoms with Crippen LogP contribution in [0.1, 0.15) is 6.85 Å². The number of nitrogens with zero attached hydrogens (tertiary/aromatic N) is 9. The van der Waals surface area contributed by atoms with Gasteiger partial charge in [-0.15, -0.1) is 34.0 Å². The van der Waals surface area contributed by atoms with E-state index in [4.69, 9.17) is 36.8 Å². The fraction of sp³-hybridized carbons (Fsp3) is 0. The first kappa shape index (κ1) is 66.7. The van der Waals surface area contributed by atoms with Crippen LogP contribution in [0.15, 0.2) is 406 Å². The monoisotopic (exact) mass is 1660 g/mol. The van der Waals surface area contributed by atoms with Crippen molar-refractivity contribution >= 4 is 225 Å². The molecule has 0 saturated heterocycles. The van der Waals surface area contributed by atoms with Crippen molar-refractivity contribution in [2.75, 3.05) is 0 Å². The Labute approximate surface area is 739 Å². The zero-order chi connectivity index (χ0) is 87.0. The average molecular weight is 1660 g/mol. The van der Waals surface area contributed by atoms with Crippen LogP contribution in [0.3, 0.4) is 0 Å². The highest BCUT2D eigenvalue weighted by molar-refractivity contribution is 7.28. The SMILES string of the molecule is [2H]c1c([2H])c([2H])c(-c2nc(-n3c4ccccc4c4c5ccccc5c5c6ccccc6sc5c43)nc3ccccc23)c([2H])c1[2H].c1ccc(-c2ccc(-c3nc(-n4c5ccccc5c5c6ccccc6c6c7ccccc7sc6c54)nc4ccccc34)cc2)cc1.c1ccc(-c2nc(-n3c4ccccc4c4c5ccccc5c5c6ccccc6sc5c43)nc3ccccc23)cc1. The number of fused-ring (bicyclic) bond motifs is 33. The number of hydrogen-bond donors (Lipinski definition) is 0. The summed E-state index contributed by atoms with van der Waals surface area (Å²) in [6, 6.07) is 130. The van der Waals surface area contributed by atoms with Crippen molar-refractivity contribution in [3.63, 3.8) is 0 Å². The maximum Gasteiger partial charge on any atom is 0.235 e. The smallest absolute Gasteiger partial charge is 0.235 e. The summed E-state index contributed by atoms with van der Waals surface area (Å²) in [6.07, 6.45) is 0. The van der Waals surface area contributed by atoms with Crippen LogP contribution in [0.4, 0.5) is 0 Å². The Kier molecular flexibility index (Phi) is 15.3. The van der Waals surface area contributed by atoms with E-state index < -0.39 is 18.1 Å². The molecule has 0 aliphatic rings. The molecule has 12 heteroatoms. The first-order valence-corrected chi connectivity index (χ1v) is 44.4. The molecule has 586 valence electrons. The summed E-state index contributed by atoms with van der Waals surface area (Å²) < 4.78 is 56.5. The maximum absolute atomic E-state index is 8.78. The molecule has 19 aromatic carbocycles. The Hall–Kier alpha value is -16.0. The van der Waals surface area contributed by atoms with Gasteiger partial charge in [0.05, 0.1) is 87.7 Å². The van der Waals surface area contributed by atoms with Gasteiger partial charge in [-0.2, -0.15) is 0 Å². The number of rotatable bonds is 7. The van der Waals surface area contributed by atoms with E-state index in [0.29, 0.717) is 34.4 Å². The van der Waals surface area contributed by atoms with Crippen molar-refractivity contribution in [2.24, 2.45) is 0 Å². The lowest BCUT2D eigenvalue weighted by atomic mass is 9.99. The Morgan fingerprint density at radius 3 is 0.786 bits per heavy atom. The molecule has 9 aromatic heterocycles. The summed E-state index contributed by atoms with van der Waals surface area (Å²) in [5.41, 5.74) is 15.7. The lowest BCUT2D eigenvalue weighted by Gasteiger charge is -2.13. The van der Waals surface area contributed by atoms with E-state index in [2.05, 4.69) is 347 Å². The van der Waals surface area contributed by atoms with Crippen LogP contribution in [-0.2, 0) is 0 Å². The first-order chi connectivity index (χ1) is 64.6. The van der Waals surface area contributed by atoms with Gasteiger partial charge in [0.1, 0.15) is 0 Å². The summed E-state index contributed by atoms with van der Waals surface area (Å²) in [4.78, 5) is 31.3. The fourth-order valence-corrected chi connectivity index (χ4v) is 23.3. The number of aromatic nitrogens is 9. The minimum absolute atomic E-state index is 0.0547. The molecule has 0 radical (unpaired) electrons. The van der Waals surface area contributed by atoms with E-state index >= 15 is 0 Å². The molecule has 0 N–H and O–H groups in total. The van der Waals surface area contributed by atoms with E-state index in [1.807, 2.05) is 65.1 Å². The third kappa shape index (κ3) is 11.1. The van der Waals surface area contributed by atoms with Gasteiger partial charge in [-0.25, -0.2) is 29.9 Å². The molecule has 126 heavy (non-hydrogen) atoms. The topological polar surface area (TPSA) is 92.1 Å². The molecule has 9 nitrogen and oxygen atoms in total. The summed E-state index contributed by atoms with van der Waals surface area (Å²) in [6.45, 7) is 0. The Morgan fingerprint density at radius 1 is 0.190 bits per heavy atom. The molecule has 0 atom stereocenters. The Balaban J connectivity index is 0.000000103. The first-order valence-electron chi connectivity index (χ1n) is 44.5. The number of benzene rings is 19. The number of para-hydroxylation sites is 6. The van der Waals surface area contributed by atoms with Crippen molar-refractivity contribution in [1.29, 1.82) is 0 Å². The molecule has 28 aromatic rings. The molecule has 0 unspecified atom stereocenters. The van der Waals surface area contributed by atoms with E-state index in [0.717, 1.165) is 92.8 Å². The fourth-order valence-electron chi connectivity index (χ4n) is 19.5. The van der Waals surface area contributed by atoms with Gasteiger partial charge < -0.3 is 0 Å². The second-order valence-electron chi connectivity index (χ2n) is 31.7. The van der Waals surface area contributed by atoms with Crippen LogP contribution in [-0.4, -0.2) is 43.6 Å². The molecule has 0 saturated carbocycles. The minimum atomic E-state index is -0.436. The van der Waals surface area contributed by atoms with E-state index in [-0.39, 0.29) is 17.6 Å². The third-order valence-corrected chi connectivity index (χ3v) is 28.4. The largest absolute Gasteiger partial charge is 0.276 e. The molecule has 0 spiro atoms. The van der Waals surface area contributed by atoms with Crippen molar-refractivity contribution in [3.8, 4) is 62.7 Å². The lowest BCUT2D eigenvalue weighted by Crippen LogP contribution is -2.03. The average Bonchev–Trinajstić information content (AvgIpc) is 1.54. The quantitative estimate of drug-likeness (QED) is 0.158. The van der Waals surface area contributed by atoms with Crippen LogP contribution in [0.2, 0.25) is 0 Å². The second kappa shape index (κ2) is 28.9.